The number of aliphatic hydroxyl groups excluding tert-OH is 2. The molecule has 0 bridgehead atoms. The van der Waals surface area contributed by atoms with Crippen LogP contribution in [0, 0.1) is 0 Å². The fraction of sp³-hybridized carbons (Fsp3) is 0.389. The molecule has 1 saturated heterocycles. The second kappa shape index (κ2) is 7.81. The molecule has 3 aromatic rings. The first-order valence-electron chi connectivity index (χ1n) is 8.65. The number of rotatable bonds is 6. The molecule has 3 N–H and O–H groups in total. The summed E-state index contributed by atoms with van der Waals surface area (Å²) in [4.78, 5) is 13.0. The van der Waals surface area contributed by atoms with E-state index >= 15 is 0 Å². The molecule has 1 fully saturated rings. The summed E-state index contributed by atoms with van der Waals surface area (Å²) >= 11 is 1.56. The Morgan fingerprint density at radius 2 is 1.96 bits per heavy atom. The summed E-state index contributed by atoms with van der Waals surface area (Å²) in [6.45, 7) is 0.608. The van der Waals surface area contributed by atoms with Gasteiger partial charge in [0, 0.05) is 12.3 Å². The van der Waals surface area contributed by atoms with E-state index in [9.17, 15) is 10.2 Å². The zero-order valence-corrected chi connectivity index (χ0v) is 15.6. The zero-order valence-electron chi connectivity index (χ0n) is 14.8. The second-order valence-electron chi connectivity index (χ2n) is 6.39. The molecule has 142 valence electrons. The zero-order chi connectivity index (χ0) is 18.8. The van der Waals surface area contributed by atoms with Crippen molar-refractivity contribution in [1.29, 1.82) is 0 Å². The number of aromatic nitrogens is 4. The molecule has 8 nitrogen and oxygen atoms in total. The molecule has 1 aliphatic heterocycles. The quantitative estimate of drug-likeness (QED) is 0.583. The van der Waals surface area contributed by atoms with Crippen molar-refractivity contribution >= 4 is 28.7 Å². The third-order valence-electron chi connectivity index (χ3n) is 4.60. The van der Waals surface area contributed by atoms with Gasteiger partial charge in [-0.3, -0.25) is 4.57 Å². The molecule has 9 heteroatoms. The predicted octanol–water partition coefficient (Wildman–Crippen LogP) is 1.42. The fourth-order valence-electron chi connectivity index (χ4n) is 3.21. The highest BCUT2D eigenvalue weighted by Crippen LogP contribution is 2.33. The predicted molar refractivity (Wildman–Crippen MR) is 103 cm³/mol. The first-order valence-corrected chi connectivity index (χ1v) is 10.0. The number of ether oxygens (including phenoxy) is 1. The van der Waals surface area contributed by atoms with Crippen molar-refractivity contribution in [2.45, 2.75) is 31.1 Å². The average Bonchev–Trinajstić information content (AvgIpc) is 3.24. The number of fused-ring (bicyclic) bond motifs is 1. The molecule has 0 saturated carbocycles. The van der Waals surface area contributed by atoms with Gasteiger partial charge < -0.3 is 20.3 Å². The van der Waals surface area contributed by atoms with Crippen LogP contribution in [-0.4, -0.2) is 60.1 Å². The molecule has 27 heavy (non-hydrogen) atoms. The summed E-state index contributed by atoms with van der Waals surface area (Å²) in [6.07, 6.45) is 1.78. The van der Waals surface area contributed by atoms with Crippen LogP contribution in [0.15, 0.2) is 43.0 Å². The Hall–Kier alpha value is -2.20. The SMILES string of the molecule is CSC[C@H]1O[C@@H](n2cnc3c(NCc4ccccc4)ncnc32)[C@H](O)[C@@H]1O. The normalized spacial score (nSPS) is 25.1. The van der Waals surface area contributed by atoms with Crippen molar-refractivity contribution < 1.29 is 14.9 Å². The Balaban J connectivity index is 1.59. The molecular formula is C18H21N5O3S. The van der Waals surface area contributed by atoms with E-state index in [2.05, 4.69) is 20.3 Å². The molecule has 0 radical (unpaired) electrons. The van der Waals surface area contributed by atoms with Crippen molar-refractivity contribution in [1.82, 2.24) is 19.5 Å². The highest BCUT2D eigenvalue weighted by atomic mass is 32.2. The highest BCUT2D eigenvalue weighted by Gasteiger charge is 2.44. The number of thioether (sulfide) groups is 1. The first kappa shape index (κ1) is 18.2. The highest BCUT2D eigenvalue weighted by molar-refractivity contribution is 7.98. The summed E-state index contributed by atoms with van der Waals surface area (Å²) in [7, 11) is 0. The number of benzene rings is 1. The molecule has 0 amide bonds. The van der Waals surface area contributed by atoms with E-state index in [0.29, 0.717) is 29.3 Å². The van der Waals surface area contributed by atoms with Gasteiger partial charge in [-0.25, -0.2) is 15.0 Å². The molecule has 2 aromatic heterocycles. The Bertz CT molecular complexity index is 906. The van der Waals surface area contributed by atoms with Gasteiger partial charge in [0.2, 0.25) is 0 Å². The number of nitrogens with one attached hydrogen (secondary N) is 1. The van der Waals surface area contributed by atoms with Gasteiger partial charge in [0.05, 0.1) is 12.4 Å². The van der Waals surface area contributed by atoms with Gasteiger partial charge in [0.25, 0.3) is 0 Å². The molecule has 1 aromatic carbocycles. The molecule has 1 aliphatic rings. The first-order chi connectivity index (χ1) is 13.2. The van der Waals surface area contributed by atoms with Gasteiger partial charge in [0.15, 0.2) is 23.2 Å². The third kappa shape index (κ3) is 3.51. The van der Waals surface area contributed by atoms with E-state index in [-0.39, 0.29) is 0 Å². The third-order valence-corrected chi connectivity index (χ3v) is 5.27. The minimum atomic E-state index is -1.05. The lowest BCUT2D eigenvalue weighted by Crippen LogP contribution is -2.32. The van der Waals surface area contributed by atoms with Gasteiger partial charge in [-0.15, -0.1) is 0 Å². The van der Waals surface area contributed by atoms with Crippen LogP contribution in [0.5, 0.6) is 0 Å². The lowest BCUT2D eigenvalue weighted by atomic mass is 10.1. The van der Waals surface area contributed by atoms with E-state index in [0.717, 1.165) is 5.56 Å². The van der Waals surface area contributed by atoms with Gasteiger partial charge >= 0.3 is 0 Å². The molecule has 0 aliphatic carbocycles. The Morgan fingerprint density at radius 1 is 1.15 bits per heavy atom. The summed E-state index contributed by atoms with van der Waals surface area (Å²) < 4.78 is 7.52. The maximum absolute atomic E-state index is 10.4. The minimum Gasteiger partial charge on any atom is -0.387 e. The largest absolute Gasteiger partial charge is 0.387 e. The van der Waals surface area contributed by atoms with Crippen LogP contribution in [-0.2, 0) is 11.3 Å². The van der Waals surface area contributed by atoms with E-state index < -0.39 is 24.5 Å². The van der Waals surface area contributed by atoms with Crippen LogP contribution in [0.25, 0.3) is 11.2 Å². The number of hydrogen-bond donors (Lipinski definition) is 3. The van der Waals surface area contributed by atoms with Crippen molar-refractivity contribution in [3.05, 3.63) is 48.5 Å². The minimum absolute atomic E-state index is 0.435. The van der Waals surface area contributed by atoms with Crippen LogP contribution >= 0.6 is 11.8 Å². The summed E-state index contributed by atoms with van der Waals surface area (Å²) in [5, 5.41) is 23.9. The van der Waals surface area contributed by atoms with E-state index in [1.807, 2.05) is 36.6 Å². The lowest BCUT2D eigenvalue weighted by molar-refractivity contribution is -0.0288. The number of aliphatic hydroxyl groups is 2. The number of imidazole rings is 1. The molecule has 0 spiro atoms. The van der Waals surface area contributed by atoms with Crippen LogP contribution < -0.4 is 5.32 Å². The van der Waals surface area contributed by atoms with E-state index in [1.165, 1.54) is 6.33 Å². The summed E-state index contributed by atoms with van der Waals surface area (Å²) in [5.41, 5.74) is 2.26. The Kier molecular flexibility index (Phi) is 5.26. The summed E-state index contributed by atoms with van der Waals surface area (Å²) in [5.74, 6) is 1.21. The van der Waals surface area contributed by atoms with Crippen molar-refractivity contribution in [2.24, 2.45) is 0 Å². The Morgan fingerprint density at radius 3 is 2.74 bits per heavy atom. The maximum atomic E-state index is 10.4. The molecule has 3 heterocycles. The van der Waals surface area contributed by atoms with Crippen LogP contribution in [0.1, 0.15) is 11.8 Å². The molecule has 4 rings (SSSR count). The molecular weight excluding hydrogens is 366 g/mol. The standard InChI is InChI=1S/C18H21N5O3S/c1-27-8-12-14(24)15(25)18(26-12)23-10-22-13-16(20-9-21-17(13)23)19-7-11-5-3-2-4-6-11/h2-6,9-10,12,14-15,18,24-25H,7-8H2,1H3,(H,19,20,21)/t12-,14-,15-,18-/m1/s1. The van der Waals surface area contributed by atoms with Gasteiger partial charge in [0.1, 0.15) is 18.5 Å². The van der Waals surface area contributed by atoms with Crippen LogP contribution in [0.4, 0.5) is 5.82 Å². The van der Waals surface area contributed by atoms with Gasteiger partial charge in [-0.2, -0.15) is 11.8 Å². The van der Waals surface area contributed by atoms with Crippen molar-refractivity contribution in [3.63, 3.8) is 0 Å². The molecule has 4 atom stereocenters. The van der Waals surface area contributed by atoms with E-state index in [4.69, 9.17) is 4.74 Å². The Labute approximate surface area is 160 Å². The van der Waals surface area contributed by atoms with Gasteiger partial charge in [-0.05, 0) is 11.8 Å². The number of nitrogens with zero attached hydrogens (tertiary/aromatic N) is 4. The number of hydrogen-bond acceptors (Lipinski definition) is 8. The van der Waals surface area contributed by atoms with Crippen molar-refractivity contribution in [2.75, 3.05) is 17.3 Å². The second-order valence-corrected chi connectivity index (χ2v) is 7.30. The van der Waals surface area contributed by atoms with E-state index in [1.54, 1.807) is 22.7 Å². The maximum Gasteiger partial charge on any atom is 0.167 e. The fourth-order valence-corrected chi connectivity index (χ4v) is 3.81. The monoisotopic (exact) mass is 387 g/mol. The smallest absolute Gasteiger partial charge is 0.167 e. The average molecular weight is 387 g/mol. The van der Waals surface area contributed by atoms with Crippen LogP contribution in [0.3, 0.4) is 0 Å². The van der Waals surface area contributed by atoms with Gasteiger partial charge in [-0.1, -0.05) is 30.3 Å². The lowest BCUT2D eigenvalue weighted by Gasteiger charge is -2.16. The molecule has 0 unspecified atom stereocenters. The number of anilines is 1. The van der Waals surface area contributed by atoms with Crippen LogP contribution in [0.2, 0.25) is 0 Å². The topological polar surface area (TPSA) is 105 Å². The summed E-state index contributed by atoms with van der Waals surface area (Å²) in [6, 6.07) is 9.99. The van der Waals surface area contributed by atoms with Crippen molar-refractivity contribution in [3.8, 4) is 0 Å².